The molecule has 0 unspecified atom stereocenters. The average Bonchev–Trinajstić information content (AvgIpc) is 2.91. The van der Waals surface area contributed by atoms with E-state index in [1.54, 1.807) is 18.2 Å². The van der Waals surface area contributed by atoms with E-state index < -0.39 is 17.5 Å². The molecule has 0 aliphatic rings. The lowest BCUT2D eigenvalue weighted by molar-refractivity contribution is -0.112. The summed E-state index contributed by atoms with van der Waals surface area (Å²) in [6.07, 6.45) is 1.47. The van der Waals surface area contributed by atoms with Crippen LogP contribution in [0.5, 0.6) is 0 Å². The van der Waals surface area contributed by atoms with Crippen LogP contribution in [0.15, 0.2) is 48.7 Å². The first-order valence-electron chi connectivity index (χ1n) is 6.42. The number of Topliss-reactive ketones (excluding diaryl/α,β-unsaturated/α-hetero) is 1. The molecule has 0 aliphatic heterocycles. The minimum absolute atomic E-state index is 0.256. The molecule has 1 heterocycles. The molecular formula is C16H10ClFN2O2. The maximum Gasteiger partial charge on any atom is 0.296 e. The van der Waals surface area contributed by atoms with E-state index in [-0.39, 0.29) is 5.56 Å². The van der Waals surface area contributed by atoms with Gasteiger partial charge in [-0.2, -0.15) is 0 Å². The fraction of sp³-hybridized carbons (Fsp3) is 0. The van der Waals surface area contributed by atoms with E-state index in [4.69, 9.17) is 11.6 Å². The molecule has 6 heteroatoms. The Labute approximate surface area is 129 Å². The van der Waals surface area contributed by atoms with Gasteiger partial charge in [-0.25, -0.2) is 4.39 Å². The van der Waals surface area contributed by atoms with Gasteiger partial charge in [0.15, 0.2) is 0 Å². The largest absolute Gasteiger partial charge is 0.360 e. The Morgan fingerprint density at radius 2 is 1.82 bits per heavy atom. The van der Waals surface area contributed by atoms with E-state index in [2.05, 4.69) is 10.3 Å². The number of fused-ring (bicyclic) bond motifs is 1. The number of halogens is 2. The van der Waals surface area contributed by atoms with Crippen LogP contribution in [0.4, 0.5) is 10.1 Å². The van der Waals surface area contributed by atoms with Crippen molar-refractivity contribution in [3.8, 4) is 0 Å². The molecule has 22 heavy (non-hydrogen) atoms. The minimum atomic E-state index is -0.789. The van der Waals surface area contributed by atoms with Crippen LogP contribution >= 0.6 is 11.6 Å². The Balaban J connectivity index is 1.85. The molecule has 0 saturated heterocycles. The van der Waals surface area contributed by atoms with Crippen molar-refractivity contribution in [3.05, 3.63) is 65.1 Å². The van der Waals surface area contributed by atoms with Crippen LogP contribution in [0.2, 0.25) is 5.02 Å². The number of aromatic nitrogens is 1. The van der Waals surface area contributed by atoms with Gasteiger partial charge >= 0.3 is 0 Å². The van der Waals surface area contributed by atoms with E-state index in [0.717, 1.165) is 0 Å². The zero-order valence-corrected chi connectivity index (χ0v) is 11.9. The first-order valence-corrected chi connectivity index (χ1v) is 6.80. The molecule has 0 atom stereocenters. The number of carbonyl (C=O) groups excluding carboxylic acids is 2. The second kappa shape index (κ2) is 5.61. The monoisotopic (exact) mass is 316 g/mol. The Kier molecular flexibility index (Phi) is 3.65. The summed E-state index contributed by atoms with van der Waals surface area (Å²) in [5, 5.41) is 3.58. The van der Waals surface area contributed by atoms with Gasteiger partial charge in [0, 0.05) is 27.8 Å². The predicted molar refractivity (Wildman–Crippen MR) is 82.7 cm³/mol. The summed E-state index contributed by atoms with van der Waals surface area (Å²) in [6.45, 7) is 0. The van der Waals surface area contributed by atoms with Crippen LogP contribution in [0.25, 0.3) is 10.9 Å². The van der Waals surface area contributed by atoms with Gasteiger partial charge in [-0.1, -0.05) is 17.7 Å². The topological polar surface area (TPSA) is 62.0 Å². The van der Waals surface area contributed by atoms with Gasteiger partial charge in [0.25, 0.3) is 11.7 Å². The number of ketones is 1. The molecule has 0 aliphatic carbocycles. The van der Waals surface area contributed by atoms with Crippen molar-refractivity contribution in [2.75, 3.05) is 5.32 Å². The molecule has 0 spiro atoms. The van der Waals surface area contributed by atoms with Crippen LogP contribution < -0.4 is 5.32 Å². The van der Waals surface area contributed by atoms with E-state index in [1.165, 1.54) is 30.5 Å². The van der Waals surface area contributed by atoms with Gasteiger partial charge in [-0.05, 0) is 36.4 Å². The summed E-state index contributed by atoms with van der Waals surface area (Å²) in [5.74, 6) is -1.89. The summed E-state index contributed by atoms with van der Waals surface area (Å²) in [5.41, 5.74) is 1.28. The first-order chi connectivity index (χ1) is 10.5. The summed E-state index contributed by atoms with van der Waals surface area (Å²) in [7, 11) is 0. The third-order valence-corrected chi connectivity index (χ3v) is 3.43. The number of carbonyl (C=O) groups is 2. The van der Waals surface area contributed by atoms with E-state index >= 15 is 0 Å². The number of H-pyrrole nitrogens is 1. The SMILES string of the molecule is O=C(Nc1ccc(F)cc1)C(=O)c1c[nH]c2cc(Cl)ccc12. The van der Waals surface area contributed by atoms with Crippen LogP contribution in [-0.2, 0) is 4.79 Å². The smallest absolute Gasteiger partial charge is 0.296 e. The molecule has 0 bridgehead atoms. The molecule has 1 aromatic heterocycles. The molecule has 4 nitrogen and oxygen atoms in total. The summed E-state index contributed by atoms with van der Waals surface area (Å²) in [6, 6.07) is 10.2. The standard InChI is InChI=1S/C16H10ClFN2O2/c17-9-1-6-12-13(8-19-14(12)7-9)15(21)16(22)20-11-4-2-10(18)3-5-11/h1-8,19H,(H,20,22). The molecule has 2 aromatic carbocycles. The predicted octanol–water partition coefficient (Wildman–Crippen LogP) is 3.78. The number of rotatable bonds is 3. The van der Waals surface area contributed by atoms with Gasteiger partial charge in [-0.3, -0.25) is 9.59 Å². The number of hydrogen-bond acceptors (Lipinski definition) is 2. The quantitative estimate of drug-likeness (QED) is 0.570. The summed E-state index contributed by atoms with van der Waals surface area (Å²) in [4.78, 5) is 27.2. The fourth-order valence-corrected chi connectivity index (χ4v) is 2.30. The van der Waals surface area contributed by atoms with Crippen molar-refractivity contribution in [1.82, 2.24) is 4.98 Å². The van der Waals surface area contributed by atoms with Gasteiger partial charge in [-0.15, -0.1) is 0 Å². The Morgan fingerprint density at radius 1 is 1.09 bits per heavy atom. The fourth-order valence-electron chi connectivity index (χ4n) is 2.13. The molecule has 3 aromatic rings. The molecule has 0 saturated carbocycles. The van der Waals surface area contributed by atoms with Gasteiger partial charge in [0.2, 0.25) is 0 Å². The van der Waals surface area contributed by atoms with Gasteiger partial charge in [0.05, 0.1) is 5.56 Å². The normalized spacial score (nSPS) is 10.6. The highest BCUT2D eigenvalue weighted by atomic mass is 35.5. The van der Waals surface area contributed by atoms with E-state index in [1.807, 2.05) is 0 Å². The second-order valence-electron chi connectivity index (χ2n) is 4.68. The molecule has 1 amide bonds. The molecule has 0 fully saturated rings. The third-order valence-electron chi connectivity index (χ3n) is 3.20. The van der Waals surface area contributed by atoms with Crippen LogP contribution in [0.1, 0.15) is 10.4 Å². The Bertz CT molecular complexity index is 871. The van der Waals surface area contributed by atoms with Crippen molar-refractivity contribution in [3.63, 3.8) is 0 Å². The highest BCUT2D eigenvalue weighted by Gasteiger charge is 2.20. The number of amides is 1. The lowest BCUT2D eigenvalue weighted by Crippen LogP contribution is -2.22. The van der Waals surface area contributed by atoms with Gasteiger partial charge in [0.1, 0.15) is 5.82 Å². The third kappa shape index (κ3) is 2.71. The zero-order chi connectivity index (χ0) is 15.7. The molecular weight excluding hydrogens is 307 g/mol. The minimum Gasteiger partial charge on any atom is -0.360 e. The van der Waals surface area contributed by atoms with Crippen LogP contribution in [-0.4, -0.2) is 16.7 Å². The highest BCUT2D eigenvalue weighted by molar-refractivity contribution is 6.48. The molecule has 110 valence electrons. The average molecular weight is 317 g/mol. The lowest BCUT2D eigenvalue weighted by Gasteiger charge is -2.03. The van der Waals surface area contributed by atoms with Crippen molar-refractivity contribution in [2.45, 2.75) is 0 Å². The summed E-state index contributed by atoms with van der Waals surface area (Å²) >= 11 is 5.88. The van der Waals surface area contributed by atoms with Crippen molar-refractivity contribution < 1.29 is 14.0 Å². The van der Waals surface area contributed by atoms with Crippen LogP contribution in [0.3, 0.4) is 0 Å². The second-order valence-corrected chi connectivity index (χ2v) is 5.12. The number of hydrogen-bond donors (Lipinski definition) is 2. The lowest BCUT2D eigenvalue weighted by atomic mass is 10.1. The summed E-state index contributed by atoms with van der Waals surface area (Å²) < 4.78 is 12.8. The zero-order valence-electron chi connectivity index (χ0n) is 11.2. The number of benzene rings is 2. The highest BCUT2D eigenvalue weighted by Crippen LogP contribution is 2.22. The molecule has 0 radical (unpaired) electrons. The van der Waals surface area contributed by atoms with Crippen molar-refractivity contribution in [2.24, 2.45) is 0 Å². The van der Waals surface area contributed by atoms with Crippen molar-refractivity contribution >= 4 is 39.9 Å². The molecule has 2 N–H and O–H groups in total. The van der Waals surface area contributed by atoms with Crippen LogP contribution in [0, 0.1) is 5.82 Å². The first kappa shape index (κ1) is 14.3. The maximum atomic E-state index is 12.8. The molecule has 3 rings (SSSR count). The Hall–Kier alpha value is -2.66. The van der Waals surface area contributed by atoms with Gasteiger partial charge < -0.3 is 10.3 Å². The van der Waals surface area contributed by atoms with E-state index in [9.17, 15) is 14.0 Å². The number of aromatic amines is 1. The van der Waals surface area contributed by atoms with Crippen molar-refractivity contribution in [1.29, 1.82) is 0 Å². The maximum absolute atomic E-state index is 12.8. The van der Waals surface area contributed by atoms with E-state index in [0.29, 0.717) is 21.6 Å². The number of nitrogens with one attached hydrogen (secondary N) is 2. The number of anilines is 1. The Morgan fingerprint density at radius 3 is 2.55 bits per heavy atom.